The van der Waals surface area contributed by atoms with Gasteiger partial charge in [0.15, 0.2) is 5.03 Å². The molecule has 4 rings (SSSR count). The Morgan fingerprint density at radius 3 is 2.75 bits per heavy atom. The summed E-state index contributed by atoms with van der Waals surface area (Å²) in [6, 6.07) is 0.869. The van der Waals surface area contributed by atoms with E-state index in [0.717, 1.165) is 16.7 Å². The fraction of sp³-hybridized carbons (Fsp3) is 0.294. The van der Waals surface area contributed by atoms with E-state index >= 15 is 0 Å². The number of fused-ring (bicyclic) bond motifs is 1. The Labute approximate surface area is 192 Å². The Balaban J connectivity index is 1.45. The first-order valence-corrected chi connectivity index (χ1v) is 12.0. The molecular weight excluding hydrogens is 480 g/mol. The number of nitrogens with zero attached hydrogens (tertiary/aromatic N) is 3. The van der Waals surface area contributed by atoms with Crippen molar-refractivity contribution >= 4 is 64.3 Å². The van der Waals surface area contributed by atoms with Crippen LogP contribution in [-0.2, 0) is 20.8 Å². The van der Waals surface area contributed by atoms with Crippen LogP contribution < -0.4 is 11.1 Å². The summed E-state index contributed by atoms with van der Waals surface area (Å²) in [6.45, 7) is 0. The number of thioether (sulfide) groups is 2. The largest absolute Gasteiger partial charge is 0.477 e. The van der Waals surface area contributed by atoms with Gasteiger partial charge in [0.1, 0.15) is 17.1 Å². The van der Waals surface area contributed by atoms with Crippen LogP contribution in [0.15, 0.2) is 27.7 Å². The average molecular weight is 497 g/mol. The van der Waals surface area contributed by atoms with E-state index < -0.39 is 29.3 Å². The number of β-lactam (4-membered cyclic amide) rings is 1. The molecule has 1 saturated heterocycles. The lowest BCUT2D eigenvalue weighted by molar-refractivity contribution is -0.150. The molecule has 2 aliphatic heterocycles. The quantitative estimate of drug-likeness (QED) is 0.248. The number of anilines is 1. The van der Waals surface area contributed by atoms with Crippen molar-refractivity contribution in [2.75, 3.05) is 17.2 Å². The van der Waals surface area contributed by atoms with E-state index in [1.807, 2.05) is 0 Å². The number of hydrogen-bond donors (Lipinski definition) is 5. The topological polar surface area (TPSA) is 192 Å². The molecule has 4 heterocycles. The highest BCUT2D eigenvalue weighted by atomic mass is 32.2. The van der Waals surface area contributed by atoms with Crippen LogP contribution in [0.25, 0.3) is 0 Å². The zero-order valence-electron chi connectivity index (χ0n) is 16.1. The Hall–Kier alpha value is -3.04. The van der Waals surface area contributed by atoms with Gasteiger partial charge in [-0.05, 0) is 17.0 Å². The second-order valence-electron chi connectivity index (χ2n) is 6.76. The molecule has 1 fully saturated rings. The zero-order valence-corrected chi connectivity index (χ0v) is 18.6. The number of nitrogen functional groups attached to an aromatic ring is 1. The molecule has 6 N–H and O–H groups in total. The molecule has 12 nitrogen and oxygen atoms in total. The van der Waals surface area contributed by atoms with Crippen LogP contribution in [0.1, 0.15) is 15.4 Å². The van der Waals surface area contributed by atoms with E-state index in [9.17, 15) is 24.3 Å². The van der Waals surface area contributed by atoms with Crippen LogP contribution in [0, 0.1) is 0 Å². The maximum absolute atomic E-state index is 12.7. The van der Waals surface area contributed by atoms with Gasteiger partial charge in [-0.2, -0.15) is 5.21 Å². The molecule has 168 valence electrons. The van der Waals surface area contributed by atoms with Gasteiger partial charge in [0.05, 0.1) is 6.42 Å². The van der Waals surface area contributed by atoms with Crippen molar-refractivity contribution in [1.82, 2.24) is 25.6 Å². The lowest BCUT2D eigenvalue weighted by atomic mass is 10.0. The molecule has 0 bridgehead atoms. The third kappa shape index (κ3) is 4.05. The van der Waals surface area contributed by atoms with Crippen LogP contribution in [0.3, 0.4) is 0 Å². The molecule has 0 aliphatic carbocycles. The van der Waals surface area contributed by atoms with Crippen LogP contribution in [0.5, 0.6) is 0 Å². The third-order valence-corrected chi connectivity index (χ3v) is 8.10. The molecule has 15 heteroatoms. The normalized spacial score (nSPS) is 20.0. The number of aromatic nitrogens is 3. The number of H-pyrrole nitrogens is 1. The summed E-state index contributed by atoms with van der Waals surface area (Å²) >= 11 is 3.69. The van der Waals surface area contributed by atoms with Gasteiger partial charge in [-0.1, -0.05) is 11.8 Å². The molecule has 2 amide bonds. The average Bonchev–Trinajstić information content (AvgIpc) is 3.38. The van der Waals surface area contributed by atoms with Crippen molar-refractivity contribution in [2.24, 2.45) is 0 Å². The van der Waals surface area contributed by atoms with Gasteiger partial charge in [-0.25, -0.2) is 9.59 Å². The molecule has 0 spiro atoms. The van der Waals surface area contributed by atoms with Crippen LogP contribution in [0.2, 0.25) is 0 Å². The number of aliphatic carboxylic acids is 1. The molecule has 32 heavy (non-hydrogen) atoms. The molecule has 0 radical (unpaired) electrons. The van der Waals surface area contributed by atoms with Gasteiger partial charge in [0, 0.05) is 22.1 Å². The minimum atomic E-state index is -1.27. The number of aromatic carboxylic acids is 1. The van der Waals surface area contributed by atoms with Crippen LogP contribution >= 0.6 is 34.9 Å². The highest BCUT2D eigenvalue weighted by Crippen LogP contribution is 2.41. The number of rotatable bonds is 8. The van der Waals surface area contributed by atoms with Crippen molar-refractivity contribution in [3.8, 4) is 0 Å². The molecule has 2 unspecified atom stereocenters. The Morgan fingerprint density at radius 2 is 2.09 bits per heavy atom. The monoisotopic (exact) mass is 496 g/mol. The highest BCUT2D eigenvalue weighted by molar-refractivity contribution is 8.01. The van der Waals surface area contributed by atoms with Gasteiger partial charge in [0.25, 0.3) is 5.91 Å². The smallest absolute Gasteiger partial charge is 0.359 e. The molecule has 0 aromatic carbocycles. The fourth-order valence-electron chi connectivity index (χ4n) is 3.28. The van der Waals surface area contributed by atoms with E-state index in [4.69, 9.17) is 10.8 Å². The van der Waals surface area contributed by atoms with E-state index in [-0.39, 0.29) is 34.5 Å². The third-order valence-electron chi connectivity index (χ3n) is 4.77. The Morgan fingerprint density at radius 1 is 1.31 bits per heavy atom. The summed E-state index contributed by atoms with van der Waals surface area (Å²) in [6.07, 6.45) is 0.0395. The summed E-state index contributed by atoms with van der Waals surface area (Å²) in [7, 11) is 0. The molecule has 0 saturated carbocycles. The molecular formula is C17H16N6O6S3. The lowest BCUT2D eigenvalue weighted by Crippen LogP contribution is -2.70. The first kappa shape index (κ1) is 22.2. The fourth-order valence-corrected chi connectivity index (χ4v) is 6.47. The maximum atomic E-state index is 12.7. The van der Waals surface area contributed by atoms with Crippen molar-refractivity contribution in [2.45, 2.75) is 22.9 Å². The van der Waals surface area contributed by atoms with E-state index in [2.05, 4.69) is 20.7 Å². The van der Waals surface area contributed by atoms with Crippen LogP contribution in [-0.4, -0.2) is 77.2 Å². The number of carboxylic acids is 2. The summed E-state index contributed by atoms with van der Waals surface area (Å²) in [5.74, 6) is -2.99. The molecule has 2 atom stereocenters. The Kier molecular flexibility index (Phi) is 6.12. The number of nitrogens with one attached hydrogen (secondary N) is 2. The van der Waals surface area contributed by atoms with E-state index in [1.54, 1.807) is 11.4 Å². The minimum absolute atomic E-state index is 0.0395. The maximum Gasteiger partial charge on any atom is 0.359 e. The highest BCUT2D eigenvalue weighted by Gasteiger charge is 2.54. The van der Waals surface area contributed by atoms with Gasteiger partial charge in [0.2, 0.25) is 11.6 Å². The minimum Gasteiger partial charge on any atom is -0.477 e. The van der Waals surface area contributed by atoms with Gasteiger partial charge >= 0.3 is 11.9 Å². The molecule has 2 aromatic heterocycles. The second-order valence-corrected chi connectivity index (χ2v) is 9.83. The number of aromatic amines is 1. The van der Waals surface area contributed by atoms with E-state index in [0.29, 0.717) is 21.9 Å². The summed E-state index contributed by atoms with van der Waals surface area (Å²) in [5.41, 5.74) is 6.34. The predicted octanol–water partition coefficient (Wildman–Crippen LogP) is 0.220. The number of carbonyl (C=O) groups is 4. The Bertz CT molecular complexity index is 1140. The number of thiophene rings is 1. The summed E-state index contributed by atoms with van der Waals surface area (Å²) in [4.78, 5) is 50.0. The van der Waals surface area contributed by atoms with Crippen molar-refractivity contribution in [3.05, 3.63) is 33.3 Å². The summed E-state index contributed by atoms with van der Waals surface area (Å²) < 4.78 is 0. The summed E-state index contributed by atoms with van der Waals surface area (Å²) in [5, 5.41) is 32.4. The van der Waals surface area contributed by atoms with Gasteiger partial charge in [-0.15, -0.1) is 33.3 Å². The predicted molar refractivity (Wildman–Crippen MR) is 116 cm³/mol. The van der Waals surface area contributed by atoms with Crippen molar-refractivity contribution in [3.63, 3.8) is 0 Å². The zero-order chi connectivity index (χ0) is 23.0. The second kappa shape index (κ2) is 8.84. The standard InChI is InChI=1S/C17H16N6O6S3/c18-7-1-2-30-8(7)3-9(24)19-11-14(25)23-12(17(28)29)6(5-32-15(11)23)4-31-13-10(16(26)27)20-22-21-13/h1-2,11,15H,3-5,18H2,(H,19,24)(H,26,27)(H,28,29)(H,20,21,22). The van der Waals surface area contributed by atoms with Crippen LogP contribution in [0.4, 0.5) is 5.69 Å². The number of amides is 2. The molecule has 2 aromatic rings. The van der Waals surface area contributed by atoms with Gasteiger partial charge in [-0.3, -0.25) is 14.5 Å². The SMILES string of the molecule is Nc1ccsc1CC(=O)NC1C(=O)N2C(C(=O)O)=C(CSc3n[nH]nc3C(=O)O)CSC12. The molecule has 2 aliphatic rings. The number of nitrogens with two attached hydrogens (primary N) is 1. The lowest BCUT2D eigenvalue weighted by Gasteiger charge is -2.49. The number of carboxylic acid groups (broad SMARTS) is 2. The first-order chi connectivity index (χ1) is 15.3. The van der Waals surface area contributed by atoms with Crippen molar-refractivity contribution in [1.29, 1.82) is 0 Å². The van der Waals surface area contributed by atoms with E-state index in [1.165, 1.54) is 23.1 Å². The number of hydrogen-bond acceptors (Lipinski definition) is 10. The number of carbonyl (C=O) groups excluding carboxylic acids is 2. The van der Waals surface area contributed by atoms with Gasteiger partial charge < -0.3 is 21.3 Å². The van der Waals surface area contributed by atoms with Crippen molar-refractivity contribution < 1.29 is 29.4 Å². The first-order valence-electron chi connectivity index (χ1n) is 9.06.